The molecule has 0 N–H and O–H groups in total. The van der Waals surface area contributed by atoms with Crippen molar-refractivity contribution in [2.24, 2.45) is 0 Å². The van der Waals surface area contributed by atoms with Crippen LogP contribution in [0.2, 0.25) is 0 Å². The van der Waals surface area contributed by atoms with Crippen molar-refractivity contribution in [3.8, 4) is 0 Å². The fourth-order valence-electron chi connectivity index (χ4n) is 3.02. The zero-order valence-electron chi connectivity index (χ0n) is 17.0. The van der Waals surface area contributed by atoms with E-state index in [1.165, 1.54) is 82.7 Å². The smallest absolute Gasteiger partial charge is 0.00206 e. The van der Waals surface area contributed by atoms with E-state index in [-0.39, 0.29) is 0 Å². The van der Waals surface area contributed by atoms with Crippen molar-refractivity contribution < 1.29 is 0 Å². The van der Waals surface area contributed by atoms with Crippen molar-refractivity contribution >= 4 is 15.8 Å². The Hall–Kier alpha value is 0.780. The second kappa shape index (κ2) is 16.3. The molecule has 0 aromatic rings. The SMILES string of the molecule is CCN(CCCN(CC)CCP(CC)CC)CCP(CC)CC. The van der Waals surface area contributed by atoms with Crippen molar-refractivity contribution in [2.75, 3.05) is 76.2 Å². The fraction of sp³-hybridized carbons (Fsp3) is 1.00. The zero-order chi connectivity index (χ0) is 17.5. The Kier molecular flexibility index (Phi) is 16.8. The molecule has 0 aliphatic heterocycles. The van der Waals surface area contributed by atoms with E-state index < -0.39 is 0 Å². The molecule has 0 saturated heterocycles. The molecule has 0 atom stereocenters. The summed E-state index contributed by atoms with van der Waals surface area (Å²) in [6.07, 6.45) is 9.87. The summed E-state index contributed by atoms with van der Waals surface area (Å²) in [5, 5.41) is 0. The molecule has 0 heterocycles. The predicted octanol–water partition coefficient (Wildman–Crippen LogP) is 5.06. The Labute approximate surface area is 150 Å². The number of hydrogen-bond acceptors (Lipinski definition) is 2. The van der Waals surface area contributed by atoms with Gasteiger partial charge in [-0.05, 0) is 69.6 Å². The maximum absolute atomic E-state index is 2.68. The summed E-state index contributed by atoms with van der Waals surface area (Å²) in [7, 11) is 0.616. The van der Waals surface area contributed by atoms with Crippen LogP contribution in [0.1, 0.15) is 48.0 Å². The molecule has 0 aromatic heterocycles. The van der Waals surface area contributed by atoms with E-state index >= 15 is 0 Å². The van der Waals surface area contributed by atoms with Gasteiger partial charge in [0.1, 0.15) is 0 Å². The van der Waals surface area contributed by atoms with Crippen LogP contribution in [0.3, 0.4) is 0 Å². The number of nitrogens with zero attached hydrogens (tertiary/aromatic N) is 2. The van der Waals surface area contributed by atoms with E-state index in [1.807, 2.05) is 0 Å². The summed E-state index contributed by atoms with van der Waals surface area (Å²) in [6, 6.07) is 0. The molecule has 0 amide bonds. The molecule has 140 valence electrons. The Balaban J connectivity index is 3.96. The van der Waals surface area contributed by atoms with Crippen LogP contribution in [0.15, 0.2) is 0 Å². The first kappa shape index (κ1) is 23.8. The van der Waals surface area contributed by atoms with Gasteiger partial charge in [-0.1, -0.05) is 41.5 Å². The van der Waals surface area contributed by atoms with Gasteiger partial charge in [0, 0.05) is 13.1 Å². The monoisotopic (exact) mass is 362 g/mol. The van der Waals surface area contributed by atoms with Gasteiger partial charge < -0.3 is 9.80 Å². The van der Waals surface area contributed by atoms with Gasteiger partial charge in [0.05, 0.1) is 0 Å². The molecule has 23 heavy (non-hydrogen) atoms. The summed E-state index contributed by atoms with van der Waals surface area (Å²) >= 11 is 0. The van der Waals surface area contributed by atoms with Gasteiger partial charge in [0.25, 0.3) is 0 Å². The molecule has 0 bridgehead atoms. The molecule has 0 aliphatic rings. The highest BCUT2D eigenvalue weighted by molar-refractivity contribution is 7.57. The van der Waals surface area contributed by atoms with Crippen LogP contribution in [-0.4, -0.2) is 86.0 Å². The van der Waals surface area contributed by atoms with Gasteiger partial charge in [0.15, 0.2) is 0 Å². The molecular weight excluding hydrogens is 318 g/mol. The van der Waals surface area contributed by atoms with Gasteiger partial charge >= 0.3 is 0 Å². The normalized spacial score (nSPS) is 12.3. The third-order valence-corrected chi connectivity index (χ3v) is 10.3. The van der Waals surface area contributed by atoms with E-state index in [4.69, 9.17) is 0 Å². The maximum Gasteiger partial charge on any atom is 0.00206 e. The van der Waals surface area contributed by atoms with E-state index in [0.29, 0.717) is 15.8 Å². The summed E-state index contributed by atoms with van der Waals surface area (Å²) in [4.78, 5) is 5.36. The highest BCUT2D eigenvalue weighted by Crippen LogP contribution is 2.34. The number of hydrogen-bond donors (Lipinski definition) is 0. The first-order valence-corrected chi connectivity index (χ1v) is 13.8. The van der Waals surface area contributed by atoms with Crippen LogP contribution < -0.4 is 0 Å². The van der Waals surface area contributed by atoms with E-state index in [2.05, 4.69) is 51.3 Å². The average molecular weight is 363 g/mol. The summed E-state index contributed by atoms with van der Waals surface area (Å²) in [5.74, 6) is 0. The van der Waals surface area contributed by atoms with Crippen molar-refractivity contribution in [3.05, 3.63) is 0 Å². The minimum Gasteiger partial charge on any atom is -0.303 e. The second-order valence-corrected chi connectivity index (χ2v) is 12.4. The lowest BCUT2D eigenvalue weighted by molar-refractivity contribution is 0.252. The van der Waals surface area contributed by atoms with Crippen molar-refractivity contribution in [2.45, 2.75) is 48.0 Å². The lowest BCUT2D eigenvalue weighted by atomic mass is 10.3. The fourth-order valence-corrected chi connectivity index (χ4v) is 6.31. The number of rotatable bonds is 16. The van der Waals surface area contributed by atoms with Crippen LogP contribution in [0.4, 0.5) is 0 Å². The first-order valence-electron chi connectivity index (χ1n) is 10.0. The van der Waals surface area contributed by atoms with Gasteiger partial charge in [-0.2, -0.15) is 0 Å². The summed E-state index contributed by atoms with van der Waals surface area (Å²) in [6.45, 7) is 21.8. The largest absolute Gasteiger partial charge is 0.303 e. The first-order chi connectivity index (χ1) is 11.1. The molecule has 0 rings (SSSR count). The predicted molar refractivity (Wildman–Crippen MR) is 115 cm³/mol. The van der Waals surface area contributed by atoms with Crippen LogP contribution in [-0.2, 0) is 0 Å². The van der Waals surface area contributed by atoms with Crippen molar-refractivity contribution in [3.63, 3.8) is 0 Å². The summed E-state index contributed by atoms with van der Waals surface area (Å²) in [5.41, 5.74) is 0. The zero-order valence-corrected chi connectivity index (χ0v) is 18.8. The van der Waals surface area contributed by atoms with Gasteiger partial charge in [-0.15, -0.1) is 15.8 Å². The molecule has 0 fully saturated rings. The van der Waals surface area contributed by atoms with Crippen molar-refractivity contribution in [1.29, 1.82) is 0 Å². The average Bonchev–Trinajstić information content (AvgIpc) is 2.59. The quantitative estimate of drug-likeness (QED) is 0.354. The topological polar surface area (TPSA) is 6.48 Å². The molecular formula is C19H44N2P2. The van der Waals surface area contributed by atoms with Gasteiger partial charge in [-0.25, -0.2) is 0 Å². The van der Waals surface area contributed by atoms with Crippen LogP contribution in [0, 0.1) is 0 Å². The Morgan fingerprint density at radius 2 is 0.870 bits per heavy atom. The molecule has 2 nitrogen and oxygen atoms in total. The minimum atomic E-state index is 0.308. The molecule has 0 unspecified atom stereocenters. The standard InChI is InChI=1S/C19H44N2P2/c1-7-20(16-18-22(9-3)10-4)14-13-15-21(8-2)17-19-23(11-5)12-6/h7-19H2,1-6H3. The van der Waals surface area contributed by atoms with Crippen LogP contribution >= 0.6 is 15.8 Å². The summed E-state index contributed by atoms with van der Waals surface area (Å²) < 4.78 is 0. The third-order valence-electron chi connectivity index (χ3n) is 5.10. The Morgan fingerprint density at radius 1 is 0.522 bits per heavy atom. The van der Waals surface area contributed by atoms with E-state index in [0.717, 1.165) is 0 Å². The van der Waals surface area contributed by atoms with Crippen molar-refractivity contribution in [1.82, 2.24) is 9.80 Å². The highest BCUT2D eigenvalue weighted by atomic mass is 31.1. The van der Waals surface area contributed by atoms with Gasteiger partial charge in [0.2, 0.25) is 0 Å². The molecule has 0 radical (unpaired) electrons. The maximum atomic E-state index is 2.68. The lowest BCUT2D eigenvalue weighted by Crippen LogP contribution is -2.32. The Bertz CT molecular complexity index is 220. The van der Waals surface area contributed by atoms with Gasteiger partial charge in [-0.3, -0.25) is 0 Å². The third kappa shape index (κ3) is 11.9. The molecule has 0 saturated carbocycles. The molecule has 0 spiro atoms. The van der Waals surface area contributed by atoms with E-state index in [9.17, 15) is 0 Å². The van der Waals surface area contributed by atoms with Crippen LogP contribution in [0.25, 0.3) is 0 Å². The minimum absolute atomic E-state index is 0.308. The molecule has 4 heteroatoms. The Morgan fingerprint density at radius 3 is 1.13 bits per heavy atom. The van der Waals surface area contributed by atoms with Crippen LogP contribution in [0.5, 0.6) is 0 Å². The highest BCUT2D eigenvalue weighted by Gasteiger charge is 2.10. The molecule has 0 aliphatic carbocycles. The second-order valence-electron chi connectivity index (χ2n) is 6.28. The molecule has 0 aromatic carbocycles. The lowest BCUT2D eigenvalue weighted by Gasteiger charge is -2.26. The van der Waals surface area contributed by atoms with E-state index in [1.54, 1.807) is 0 Å².